The molecule has 0 saturated carbocycles. The lowest BCUT2D eigenvalue weighted by Gasteiger charge is -2.11. The van der Waals surface area contributed by atoms with E-state index in [0.717, 1.165) is 25.1 Å². The summed E-state index contributed by atoms with van der Waals surface area (Å²) in [6, 6.07) is 0.341. The number of nitrogens with two attached hydrogens (primary N) is 1. The Bertz CT molecular complexity index is 293. The molecule has 0 radical (unpaired) electrons. The molecule has 1 aromatic rings. The van der Waals surface area contributed by atoms with Crippen LogP contribution < -0.4 is 5.73 Å². The van der Waals surface area contributed by atoms with Crippen LogP contribution >= 0.6 is 0 Å². The van der Waals surface area contributed by atoms with E-state index in [2.05, 4.69) is 16.5 Å². The quantitative estimate of drug-likeness (QED) is 0.671. The molecule has 98 valence electrons. The maximum absolute atomic E-state index is 6.12. The molecule has 0 amide bonds. The van der Waals surface area contributed by atoms with Gasteiger partial charge in [0.05, 0.1) is 0 Å². The van der Waals surface area contributed by atoms with Crippen LogP contribution in [0.15, 0.2) is 12.4 Å². The van der Waals surface area contributed by atoms with Crippen molar-refractivity contribution in [1.29, 1.82) is 0 Å². The van der Waals surface area contributed by atoms with Gasteiger partial charge in [0.1, 0.15) is 5.82 Å². The maximum Gasteiger partial charge on any atom is 0.108 e. The Morgan fingerprint density at radius 3 is 2.65 bits per heavy atom. The van der Waals surface area contributed by atoms with Gasteiger partial charge < -0.3 is 10.3 Å². The first-order valence-corrected chi connectivity index (χ1v) is 6.95. The Kier molecular flexibility index (Phi) is 6.94. The molecule has 3 heteroatoms. The normalized spacial score (nSPS) is 12.9. The zero-order valence-electron chi connectivity index (χ0n) is 11.4. The molecular formula is C14H27N3. The van der Waals surface area contributed by atoms with Crippen LogP contribution in [0.5, 0.6) is 0 Å². The number of imidazole rings is 1. The minimum Gasteiger partial charge on any atom is -0.338 e. The van der Waals surface area contributed by atoms with E-state index in [9.17, 15) is 0 Å². The summed E-state index contributed by atoms with van der Waals surface area (Å²) in [7, 11) is 2.04. The summed E-state index contributed by atoms with van der Waals surface area (Å²) in [5.74, 6) is 1.14. The fourth-order valence-electron chi connectivity index (χ4n) is 2.11. The van der Waals surface area contributed by atoms with Crippen molar-refractivity contribution >= 4 is 0 Å². The molecule has 3 nitrogen and oxygen atoms in total. The molecule has 1 aromatic heterocycles. The lowest BCUT2D eigenvalue weighted by atomic mass is 10.0. The zero-order valence-corrected chi connectivity index (χ0v) is 11.4. The van der Waals surface area contributed by atoms with Gasteiger partial charge in [-0.2, -0.15) is 0 Å². The van der Waals surface area contributed by atoms with Crippen molar-refractivity contribution in [2.75, 3.05) is 0 Å². The number of nitrogens with zero attached hydrogens (tertiary/aromatic N) is 2. The van der Waals surface area contributed by atoms with E-state index in [1.165, 1.54) is 32.1 Å². The molecule has 0 spiro atoms. The average Bonchev–Trinajstić information content (AvgIpc) is 2.72. The van der Waals surface area contributed by atoms with Gasteiger partial charge in [-0.15, -0.1) is 0 Å². The minimum atomic E-state index is 0.341. The lowest BCUT2D eigenvalue weighted by Crippen LogP contribution is -2.21. The molecular weight excluding hydrogens is 210 g/mol. The fourth-order valence-corrected chi connectivity index (χ4v) is 2.11. The zero-order chi connectivity index (χ0) is 12.5. The first-order chi connectivity index (χ1) is 8.24. The number of unbranched alkanes of at least 4 members (excludes halogenated alkanes) is 4. The van der Waals surface area contributed by atoms with Crippen LogP contribution in [0.1, 0.15) is 57.7 Å². The van der Waals surface area contributed by atoms with E-state index in [1.807, 2.05) is 19.4 Å². The Hall–Kier alpha value is -0.830. The van der Waals surface area contributed by atoms with Gasteiger partial charge in [0.2, 0.25) is 0 Å². The Labute approximate surface area is 105 Å². The van der Waals surface area contributed by atoms with Crippen LogP contribution in [0, 0.1) is 0 Å². The number of rotatable bonds is 9. The van der Waals surface area contributed by atoms with Crippen LogP contribution in [0.2, 0.25) is 0 Å². The van der Waals surface area contributed by atoms with Crippen molar-refractivity contribution < 1.29 is 0 Å². The second-order valence-corrected chi connectivity index (χ2v) is 4.96. The fraction of sp³-hybridized carbons (Fsp3) is 0.786. The van der Waals surface area contributed by atoms with E-state index in [1.54, 1.807) is 0 Å². The summed E-state index contributed by atoms with van der Waals surface area (Å²) in [4.78, 5) is 4.32. The monoisotopic (exact) mass is 237 g/mol. The van der Waals surface area contributed by atoms with E-state index in [0.29, 0.717) is 6.04 Å². The highest BCUT2D eigenvalue weighted by atomic mass is 15.0. The standard InChI is InChI=1S/C14H27N3/c1-3-4-5-6-7-8-13(15)9-10-14-16-11-12-17(14)2/h11-13H,3-10,15H2,1-2H3. The SMILES string of the molecule is CCCCCCCC(N)CCc1nccn1C. The first-order valence-electron chi connectivity index (χ1n) is 6.95. The van der Waals surface area contributed by atoms with E-state index in [-0.39, 0.29) is 0 Å². The maximum atomic E-state index is 6.12. The third-order valence-corrected chi connectivity index (χ3v) is 3.34. The minimum absolute atomic E-state index is 0.341. The molecule has 0 bridgehead atoms. The predicted octanol–water partition coefficient (Wildman–Crippen LogP) is 3.04. The molecule has 1 atom stereocenters. The van der Waals surface area contributed by atoms with Crippen LogP contribution in [0.3, 0.4) is 0 Å². The average molecular weight is 237 g/mol. The van der Waals surface area contributed by atoms with E-state index >= 15 is 0 Å². The molecule has 1 unspecified atom stereocenters. The van der Waals surface area contributed by atoms with Crippen molar-refractivity contribution in [2.45, 2.75) is 64.3 Å². The number of hydrogen-bond acceptors (Lipinski definition) is 2. The van der Waals surface area contributed by atoms with Crippen LogP contribution in [-0.4, -0.2) is 15.6 Å². The van der Waals surface area contributed by atoms with Gasteiger partial charge in [-0.1, -0.05) is 39.0 Å². The second-order valence-electron chi connectivity index (χ2n) is 4.96. The van der Waals surface area contributed by atoms with Crippen LogP contribution in [-0.2, 0) is 13.5 Å². The van der Waals surface area contributed by atoms with Gasteiger partial charge in [-0.25, -0.2) is 4.98 Å². The second kappa shape index (κ2) is 8.29. The smallest absolute Gasteiger partial charge is 0.108 e. The highest BCUT2D eigenvalue weighted by Gasteiger charge is 2.05. The van der Waals surface area contributed by atoms with Gasteiger partial charge in [0, 0.05) is 31.9 Å². The van der Waals surface area contributed by atoms with Gasteiger partial charge in [-0.3, -0.25) is 0 Å². The van der Waals surface area contributed by atoms with E-state index < -0.39 is 0 Å². The Morgan fingerprint density at radius 2 is 2.00 bits per heavy atom. The third-order valence-electron chi connectivity index (χ3n) is 3.34. The van der Waals surface area contributed by atoms with Crippen molar-refractivity contribution in [2.24, 2.45) is 12.8 Å². The van der Waals surface area contributed by atoms with Crippen molar-refractivity contribution in [3.8, 4) is 0 Å². The summed E-state index contributed by atoms with van der Waals surface area (Å²) in [6.07, 6.45) is 13.7. The van der Waals surface area contributed by atoms with Gasteiger partial charge in [0.25, 0.3) is 0 Å². The Balaban J connectivity index is 2.05. The van der Waals surface area contributed by atoms with Crippen molar-refractivity contribution in [3.63, 3.8) is 0 Å². The molecule has 1 rings (SSSR count). The Morgan fingerprint density at radius 1 is 1.24 bits per heavy atom. The molecule has 0 fully saturated rings. The summed E-state index contributed by atoms with van der Waals surface area (Å²) < 4.78 is 2.08. The molecule has 0 aliphatic carbocycles. The number of aryl methyl sites for hydroxylation is 2. The van der Waals surface area contributed by atoms with Gasteiger partial charge >= 0.3 is 0 Å². The highest BCUT2D eigenvalue weighted by molar-refractivity contribution is 4.91. The van der Waals surface area contributed by atoms with Crippen LogP contribution in [0.4, 0.5) is 0 Å². The van der Waals surface area contributed by atoms with Gasteiger partial charge in [-0.05, 0) is 12.8 Å². The summed E-state index contributed by atoms with van der Waals surface area (Å²) in [6.45, 7) is 2.25. The third kappa shape index (κ3) is 5.87. The first kappa shape index (κ1) is 14.2. The van der Waals surface area contributed by atoms with E-state index in [4.69, 9.17) is 5.73 Å². The largest absolute Gasteiger partial charge is 0.338 e. The number of hydrogen-bond donors (Lipinski definition) is 1. The molecule has 0 aromatic carbocycles. The summed E-state index contributed by atoms with van der Waals surface area (Å²) in [5.41, 5.74) is 6.12. The summed E-state index contributed by atoms with van der Waals surface area (Å²) in [5, 5.41) is 0. The van der Waals surface area contributed by atoms with Crippen molar-refractivity contribution in [1.82, 2.24) is 9.55 Å². The molecule has 0 aliphatic rings. The number of aromatic nitrogens is 2. The lowest BCUT2D eigenvalue weighted by molar-refractivity contribution is 0.509. The van der Waals surface area contributed by atoms with Crippen molar-refractivity contribution in [3.05, 3.63) is 18.2 Å². The molecule has 0 saturated heterocycles. The molecule has 1 heterocycles. The molecule has 0 aliphatic heterocycles. The van der Waals surface area contributed by atoms with Gasteiger partial charge in [0.15, 0.2) is 0 Å². The summed E-state index contributed by atoms with van der Waals surface area (Å²) >= 11 is 0. The highest BCUT2D eigenvalue weighted by Crippen LogP contribution is 2.09. The topological polar surface area (TPSA) is 43.8 Å². The van der Waals surface area contributed by atoms with Crippen LogP contribution in [0.25, 0.3) is 0 Å². The predicted molar refractivity (Wildman–Crippen MR) is 72.9 cm³/mol. The molecule has 2 N–H and O–H groups in total. The molecule has 17 heavy (non-hydrogen) atoms.